The Morgan fingerprint density at radius 2 is 2.23 bits per heavy atom. The molecule has 0 atom stereocenters. The summed E-state index contributed by atoms with van der Waals surface area (Å²) in [4.78, 5) is 9.36. The summed E-state index contributed by atoms with van der Waals surface area (Å²) in [6.07, 6.45) is 2.13. The predicted molar refractivity (Wildman–Crippen MR) is 57.7 cm³/mol. The van der Waals surface area contributed by atoms with Crippen molar-refractivity contribution < 1.29 is 0 Å². The van der Waals surface area contributed by atoms with Gasteiger partial charge < -0.3 is 9.88 Å². The average Bonchev–Trinajstić information content (AvgIpc) is 2.03. The minimum Gasteiger partial charge on any atom is -0.349 e. The lowest BCUT2D eigenvalue weighted by Gasteiger charge is -2.12. The first-order chi connectivity index (χ1) is 6.13. The maximum atomic E-state index is 5.06. The second-order valence-corrected chi connectivity index (χ2v) is 3.63. The molecule has 4 heteroatoms. The van der Waals surface area contributed by atoms with Gasteiger partial charge in [-0.15, -0.1) is 0 Å². The summed E-state index contributed by atoms with van der Waals surface area (Å²) in [6, 6.07) is 1.92. The van der Waals surface area contributed by atoms with Crippen LogP contribution in [0.4, 0.5) is 5.95 Å². The van der Waals surface area contributed by atoms with E-state index in [2.05, 4.69) is 16.9 Å². The molecule has 1 N–H and O–H groups in total. The SMILES string of the molecule is CCCc1cc(=S)nc(N(C)C)[nH]1. The van der Waals surface area contributed by atoms with Crippen LogP contribution >= 0.6 is 12.2 Å². The van der Waals surface area contributed by atoms with Gasteiger partial charge in [0.2, 0.25) is 5.95 Å². The van der Waals surface area contributed by atoms with Gasteiger partial charge in [-0.05, 0) is 12.5 Å². The Morgan fingerprint density at radius 1 is 1.54 bits per heavy atom. The van der Waals surface area contributed by atoms with Crippen molar-refractivity contribution in [2.24, 2.45) is 0 Å². The molecule has 0 saturated heterocycles. The molecule has 0 amide bonds. The molecular formula is C9H15N3S. The highest BCUT2D eigenvalue weighted by Crippen LogP contribution is 2.06. The van der Waals surface area contributed by atoms with Crippen LogP contribution in [0.5, 0.6) is 0 Å². The minimum absolute atomic E-state index is 0.658. The largest absolute Gasteiger partial charge is 0.349 e. The van der Waals surface area contributed by atoms with Crippen LogP contribution in [-0.2, 0) is 6.42 Å². The van der Waals surface area contributed by atoms with Gasteiger partial charge in [-0.1, -0.05) is 25.6 Å². The molecule has 0 bridgehead atoms. The average molecular weight is 197 g/mol. The molecule has 1 aromatic rings. The van der Waals surface area contributed by atoms with E-state index in [1.54, 1.807) is 0 Å². The molecule has 72 valence electrons. The van der Waals surface area contributed by atoms with E-state index in [-0.39, 0.29) is 0 Å². The van der Waals surface area contributed by atoms with Gasteiger partial charge in [-0.3, -0.25) is 0 Å². The highest BCUT2D eigenvalue weighted by atomic mass is 32.1. The van der Waals surface area contributed by atoms with Gasteiger partial charge in [0.05, 0.1) is 0 Å². The first kappa shape index (κ1) is 10.2. The van der Waals surface area contributed by atoms with E-state index in [0.717, 1.165) is 24.5 Å². The van der Waals surface area contributed by atoms with E-state index in [9.17, 15) is 0 Å². The zero-order chi connectivity index (χ0) is 9.84. The number of H-pyrrole nitrogens is 1. The molecule has 1 rings (SSSR count). The van der Waals surface area contributed by atoms with Crippen LogP contribution in [0.3, 0.4) is 0 Å². The van der Waals surface area contributed by atoms with E-state index >= 15 is 0 Å². The molecule has 1 heterocycles. The Kier molecular flexibility index (Phi) is 3.42. The highest BCUT2D eigenvalue weighted by molar-refractivity contribution is 7.71. The fraction of sp³-hybridized carbons (Fsp3) is 0.556. The number of aromatic nitrogens is 2. The third-order valence-electron chi connectivity index (χ3n) is 1.73. The van der Waals surface area contributed by atoms with Gasteiger partial charge >= 0.3 is 0 Å². The van der Waals surface area contributed by atoms with E-state index in [1.165, 1.54) is 0 Å². The monoisotopic (exact) mass is 197 g/mol. The lowest BCUT2D eigenvalue weighted by atomic mass is 10.2. The Morgan fingerprint density at radius 3 is 2.77 bits per heavy atom. The van der Waals surface area contributed by atoms with Crippen molar-refractivity contribution in [2.75, 3.05) is 19.0 Å². The lowest BCUT2D eigenvalue weighted by Crippen LogP contribution is -2.13. The summed E-state index contributed by atoms with van der Waals surface area (Å²) in [5, 5.41) is 0. The number of aromatic amines is 1. The van der Waals surface area contributed by atoms with Gasteiger partial charge in [0.1, 0.15) is 4.64 Å². The minimum atomic E-state index is 0.658. The van der Waals surface area contributed by atoms with Gasteiger partial charge in [-0.25, -0.2) is 4.98 Å². The zero-order valence-corrected chi connectivity index (χ0v) is 9.11. The molecule has 1 aromatic heterocycles. The number of hydrogen-bond acceptors (Lipinski definition) is 3. The molecule has 0 saturated carbocycles. The van der Waals surface area contributed by atoms with E-state index < -0.39 is 0 Å². The number of nitrogens with zero attached hydrogens (tertiary/aromatic N) is 2. The Labute approximate surface area is 83.8 Å². The van der Waals surface area contributed by atoms with Gasteiger partial charge in [0, 0.05) is 19.8 Å². The van der Waals surface area contributed by atoms with Crippen molar-refractivity contribution in [3.05, 3.63) is 16.4 Å². The van der Waals surface area contributed by atoms with Crippen molar-refractivity contribution in [2.45, 2.75) is 19.8 Å². The van der Waals surface area contributed by atoms with Crippen LogP contribution in [0, 0.1) is 4.64 Å². The first-order valence-electron chi connectivity index (χ1n) is 4.41. The summed E-state index contributed by atoms with van der Waals surface area (Å²) in [5.41, 5.74) is 1.16. The predicted octanol–water partition coefficient (Wildman–Crippen LogP) is 2.16. The van der Waals surface area contributed by atoms with Gasteiger partial charge in [0.15, 0.2) is 0 Å². The number of anilines is 1. The van der Waals surface area contributed by atoms with Crippen molar-refractivity contribution in [3.63, 3.8) is 0 Å². The molecule has 0 unspecified atom stereocenters. The van der Waals surface area contributed by atoms with Crippen LogP contribution < -0.4 is 4.90 Å². The van der Waals surface area contributed by atoms with E-state index in [4.69, 9.17) is 12.2 Å². The Hall–Kier alpha value is -0.900. The van der Waals surface area contributed by atoms with E-state index in [1.807, 2.05) is 25.1 Å². The molecule has 0 fully saturated rings. The van der Waals surface area contributed by atoms with Gasteiger partial charge in [0.25, 0.3) is 0 Å². The summed E-state index contributed by atoms with van der Waals surface area (Å²) in [5.74, 6) is 0.830. The molecule has 3 nitrogen and oxygen atoms in total. The zero-order valence-electron chi connectivity index (χ0n) is 8.29. The molecule has 0 aliphatic heterocycles. The second-order valence-electron chi connectivity index (χ2n) is 3.21. The van der Waals surface area contributed by atoms with Crippen molar-refractivity contribution in [3.8, 4) is 0 Å². The quantitative estimate of drug-likeness (QED) is 0.754. The number of nitrogens with one attached hydrogen (secondary N) is 1. The lowest BCUT2D eigenvalue weighted by molar-refractivity contribution is 0.857. The second kappa shape index (κ2) is 4.37. The highest BCUT2D eigenvalue weighted by Gasteiger charge is 1.99. The number of rotatable bonds is 3. The molecule has 0 radical (unpaired) electrons. The molecular weight excluding hydrogens is 182 g/mol. The fourth-order valence-electron chi connectivity index (χ4n) is 1.11. The van der Waals surface area contributed by atoms with Gasteiger partial charge in [-0.2, -0.15) is 0 Å². The maximum absolute atomic E-state index is 5.06. The summed E-state index contributed by atoms with van der Waals surface area (Å²) >= 11 is 5.06. The topological polar surface area (TPSA) is 31.9 Å². The van der Waals surface area contributed by atoms with E-state index in [0.29, 0.717) is 4.64 Å². The molecule has 0 aromatic carbocycles. The van der Waals surface area contributed by atoms with Crippen LogP contribution in [0.1, 0.15) is 19.0 Å². The first-order valence-corrected chi connectivity index (χ1v) is 4.82. The van der Waals surface area contributed by atoms with Crippen molar-refractivity contribution in [1.82, 2.24) is 9.97 Å². The van der Waals surface area contributed by atoms with Crippen molar-refractivity contribution in [1.29, 1.82) is 0 Å². The maximum Gasteiger partial charge on any atom is 0.203 e. The third kappa shape index (κ3) is 2.81. The number of hydrogen-bond donors (Lipinski definition) is 1. The Bertz CT molecular complexity index is 330. The standard InChI is InChI=1S/C9H15N3S/c1-4-5-7-6-8(13)11-9(10-7)12(2)3/h6H,4-5H2,1-3H3,(H,10,11,13). The number of aryl methyl sites for hydroxylation is 1. The van der Waals surface area contributed by atoms with Crippen LogP contribution in [-0.4, -0.2) is 24.1 Å². The molecule has 0 spiro atoms. The van der Waals surface area contributed by atoms with Crippen LogP contribution in [0.2, 0.25) is 0 Å². The smallest absolute Gasteiger partial charge is 0.203 e. The molecule has 13 heavy (non-hydrogen) atoms. The van der Waals surface area contributed by atoms with Crippen molar-refractivity contribution >= 4 is 18.2 Å². The Balaban J connectivity index is 3.04. The molecule has 0 aliphatic carbocycles. The summed E-state index contributed by atoms with van der Waals surface area (Å²) < 4.78 is 0.658. The van der Waals surface area contributed by atoms with Crippen LogP contribution in [0.15, 0.2) is 6.07 Å². The summed E-state index contributed by atoms with van der Waals surface area (Å²) in [7, 11) is 3.90. The van der Waals surface area contributed by atoms with Crippen LogP contribution in [0.25, 0.3) is 0 Å². The summed E-state index contributed by atoms with van der Waals surface area (Å²) in [6.45, 7) is 2.15. The fourth-order valence-corrected chi connectivity index (χ4v) is 1.34. The molecule has 0 aliphatic rings. The third-order valence-corrected chi connectivity index (χ3v) is 1.94. The normalized spacial score (nSPS) is 10.1.